The van der Waals surface area contributed by atoms with E-state index in [0.29, 0.717) is 0 Å². The molecule has 1 aromatic rings. The molecule has 19 heavy (non-hydrogen) atoms. The van der Waals surface area contributed by atoms with Crippen LogP contribution >= 0.6 is 11.3 Å². The lowest BCUT2D eigenvalue weighted by Crippen LogP contribution is -2.48. The molecule has 2 unspecified atom stereocenters. The molecule has 0 saturated heterocycles. The molecule has 0 spiro atoms. The Balaban J connectivity index is 2.62. The fraction of sp³-hybridized carbons (Fsp3) is 0.545. The number of carboxylic acids is 1. The molecule has 2 amide bonds. The summed E-state index contributed by atoms with van der Waals surface area (Å²) in [6.45, 7) is 4.85. The second-order valence-corrected chi connectivity index (χ2v) is 5.33. The van der Waals surface area contributed by atoms with Crippen molar-refractivity contribution in [2.75, 3.05) is 6.61 Å². The average Bonchev–Trinajstić information content (AvgIpc) is 2.65. The summed E-state index contributed by atoms with van der Waals surface area (Å²) >= 11 is 1.48. The first-order valence-corrected chi connectivity index (χ1v) is 6.51. The number of hydrogen-bond acceptors (Lipinski definition) is 5. The lowest BCUT2D eigenvalue weighted by atomic mass is 10.2. The van der Waals surface area contributed by atoms with Gasteiger partial charge in [0.2, 0.25) is 0 Å². The first-order valence-electron chi connectivity index (χ1n) is 5.69. The van der Waals surface area contributed by atoms with E-state index in [2.05, 4.69) is 15.6 Å². The van der Waals surface area contributed by atoms with E-state index in [4.69, 9.17) is 10.2 Å². The van der Waals surface area contributed by atoms with Crippen molar-refractivity contribution in [1.82, 2.24) is 15.6 Å². The van der Waals surface area contributed by atoms with E-state index >= 15 is 0 Å². The summed E-state index contributed by atoms with van der Waals surface area (Å²) < 4.78 is 0. The number of hydrogen-bond donors (Lipinski definition) is 4. The number of aliphatic hydroxyl groups is 1. The predicted molar refractivity (Wildman–Crippen MR) is 70.2 cm³/mol. The van der Waals surface area contributed by atoms with Crippen LogP contribution in [0.4, 0.5) is 4.79 Å². The van der Waals surface area contributed by atoms with Crippen molar-refractivity contribution in [1.29, 1.82) is 0 Å². The zero-order valence-electron chi connectivity index (χ0n) is 10.9. The van der Waals surface area contributed by atoms with Gasteiger partial charge >= 0.3 is 12.0 Å². The molecule has 0 aliphatic heterocycles. The number of urea groups is 1. The SMILES string of the molecule is Cc1nc(C)c(C(C)NC(=O)NC(CO)C(=O)O)s1. The molecule has 0 radical (unpaired) electrons. The smallest absolute Gasteiger partial charge is 0.328 e. The van der Waals surface area contributed by atoms with Gasteiger partial charge in [0.15, 0.2) is 6.04 Å². The van der Waals surface area contributed by atoms with E-state index in [1.54, 1.807) is 6.92 Å². The molecule has 8 heteroatoms. The van der Waals surface area contributed by atoms with E-state index in [-0.39, 0.29) is 6.04 Å². The summed E-state index contributed by atoms with van der Waals surface area (Å²) in [4.78, 5) is 27.5. The molecule has 0 fully saturated rings. The Labute approximate surface area is 114 Å². The third-order valence-corrected chi connectivity index (χ3v) is 3.72. The molecule has 1 rings (SSSR count). The Bertz CT molecular complexity index is 475. The van der Waals surface area contributed by atoms with Gasteiger partial charge in [-0.15, -0.1) is 11.3 Å². The van der Waals surface area contributed by atoms with Gasteiger partial charge in [-0.3, -0.25) is 0 Å². The molecule has 7 nitrogen and oxygen atoms in total. The standard InChI is InChI=1S/C11H17N3O4S/c1-5-9(19-7(3)12-5)6(2)13-11(18)14-8(4-15)10(16)17/h6,8,15H,4H2,1-3H3,(H,16,17)(H2,13,14,18). The van der Waals surface area contributed by atoms with Crippen molar-refractivity contribution in [2.45, 2.75) is 32.9 Å². The molecule has 4 N–H and O–H groups in total. The third-order valence-electron chi connectivity index (χ3n) is 2.47. The number of nitrogens with one attached hydrogen (secondary N) is 2. The topological polar surface area (TPSA) is 112 Å². The molecule has 1 aromatic heterocycles. The fourth-order valence-electron chi connectivity index (χ4n) is 1.60. The van der Waals surface area contributed by atoms with Crippen molar-refractivity contribution < 1.29 is 19.8 Å². The van der Waals surface area contributed by atoms with Gasteiger partial charge in [0.1, 0.15) is 0 Å². The molecule has 1 heterocycles. The van der Waals surface area contributed by atoms with Crippen LogP contribution in [0, 0.1) is 13.8 Å². The molecular weight excluding hydrogens is 270 g/mol. The van der Waals surface area contributed by atoms with Gasteiger partial charge < -0.3 is 20.8 Å². The van der Waals surface area contributed by atoms with Gasteiger partial charge in [-0.05, 0) is 20.8 Å². The van der Waals surface area contributed by atoms with Crippen LogP contribution in [-0.2, 0) is 4.79 Å². The maximum absolute atomic E-state index is 11.6. The number of nitrogens with zero attached hydrogens (tertiary/aromatic N) is 1. The minimum atomic E-state index is -1.31. The second-order valence-electron chi connectivity index (χ2n) is 4.10. The summed E-state index contributed by atoms with van der Waals surface area (Å²) in [5, 5.41) is 23.2. The molecule has 0 aliphatic rings. The number of aliphatic hydroxyl groups excluding tert-OH is 1. The number of aryl methyl sites for hydroxylation is 2. The number of carbonyl (C=O) groups is 2. The molecule has 0 aromatic carbocycles. The summed E-state index contributed by atoms with van der Waals surface area (Å²) in [6, 6.07) is -2.23. The lowest BCUT2D eigenvalue weighted by Gasteiger charge is -2.16. The van der Waals surface area contributed by atoms with Crippen LogP contribution in [-0.4, -0.2) is 39.8 Å². The summed E-state index contributed by atoms with van der Waals surface area (Å²) in [7, 11) is 0. The highest BCUT2D eigenvalue weighted by Crippen LogP contribution is 2.24. The Hall–Kier alpha value is -1.67. The Morgan fingerprint density at radius 1 is 1.37 bits per heavy atom. The normalized spacial score (nSPS) is 13.7. The number of amides is 2. The summed E-state index contributed by atoms with van der Waals surface area (Å²) in [5.74, 6) is -1.28. The van der Waals surface area contributed by atoms with Crippen molar-refractivity contribution in [2.24, 2.45) is 0 Å². The number of carbonyl (C=O) groups excluding carboxylic acids is 1. The Morgan fingerprint density at radius 2 is 2.00 bits per heavy atom. The molecular formula is C11H17N3O4S. The maximum Gasteiger partial charge on any atom is 0.328 e. The van der Waals surface area contributed by atoms with E-state index in [0.717, 1.165) is 15.6 Å². The van der Waals surface area contributed by atoms with Crippen LogP contribution in [0.2, 0.25) is 0 Å². The van der Waals surface area contributed by atoms with Crippen LogP contribution in [0.5, 0.6) is 0 Å². The first-order chi connectivity index (χ1) is 8.85. The second kappa shape index (κ2) is 6.48. The van der Waals surface area contributed by atoms with Gasteiger partial charge in [0, 0.05) is 4.88 Å². The van der Waals surface area contributed by atoms with Crippen molar-refractivity contribution >= 4 is 23.3 Å². The van der Waals surface area contributed by atoms with Crippen LogP contribution in [0.25, 0.3) is 0 Å². The molecule has 0 saturated carbocycles. The van der Waals surface area contributed by atoms with Crippen LogP contribution in [0.1, 0.15) is 28.5 Å². The first kappa shape index (κ1) is 15.4. The summed E-state index contributed by atoms with van der Waals surface area (Å²) in [5.41, 5.74) is 0.840. The largest absolute Gasteiger partial charge is 0.480 e. The van der Waals surface area contributed by atoms with Gasteiger partial charge in [0.05, 0.1) is 23.4 Å². The lowest BCUT2D eigenvalue weighted by molar-refractivity contribution is -0.140. The van der Waals surface area contributed by atoms with Crippen LogP contribution in [0.15, 0.2) is 0 Å². The van der Waals surface area contributed by atoms with Crippen LogP contribution < -0.4 is 10.6 Å². The number of carboxylic acid groups (broad SMARTS) is 1. The Morgan fingerprint density at radius 3 is 2.42 bits per heavy atom. The van der Waals surface area contributed by atoms with E-state index < -0.39 is 24.6 Å². The third kappa shape index (κ3) is 4.18. The zero-order chi connectivity index (χ0) is 14.6. The monoisotopic (exact) mass is 287 g/mol. The van der Waals surface area contributed by atoms with Crippen molar-refractivity contribution in [3.05, 3.63) is 15.6 Å². The van der Waals surface area contributed by atoms with Gasteiger partial charge in [-0.25, -0.2) is 14.6 Å². The number of aromatic nitrogens is 1. The van der Waals surface area contributed by atoms with E-state index in [1.807, 2.05) is 13.8 Å². The van der Waals surface area contributed by atoms with Gasteiger partial charge in [-0.1, -0.05) is 0 Å². The van der Waals surface area contributed by atoms with Crippen molar-refractivity contribution in [3.8, 4) is 0 Å². The van der Waals surface area contributed by atoms with Crippen LogP contribution in [0.3, 0.4) is 0 Å². The maximum atomic E-state index is 11.6. The Kier molecular flexibility index (Phi) is 5.25. The molecule has 0 aliphatic carbocycles. The predicted octanol–water partition coefficient (Wildman–Crippen LogP) is 0.566. The molecule has 2 atom stereocenters. The van der Waals surface area contributed by atoms with E-state index in [1.165, 1.54) is 11.3 Å². The van der Waals surface area contributed by atoms with Gasteiger partial charge in [-0.2, -0.15) is 0 Å². The molecule has 106 valence electrons. The minimum absolute atomic E-state index is 0.278. The van der Waals surface area contributed by atoms with Crippen molar-refractivity contribution in [3.63, 3.8) is 0 Å². The highest BCUT2D eigenvalue weighted by Gasteiger charge is 2.21. The summed E-state index contributed by atoms with van der Waals surface area (Å²) in [6.07, 6.45) is 0. The van der Waals surface area contributed by atoms with E-state index in [9.17, 15) is 9.59 Å². The molecule has 0 bridgehead atoms. The average molecular weight is 287 g/mol. The minimum Gasteiger partial charge on any atom is -0.480 e. The zero-order valence-corrected chi connectivity index (χ0v) is 11.7. The quantitative estimate of drug-likeness (QED) is 0.632. The highest BCUT2D eigenvalue weighted by molar-refractivity contribution is 7.11. The highest BCUT2D eigenvalue weighted by atomic mass is 32.1. The number of aliphatic carboxylic acids is 1. The van der Waals surface area contributed by atoms with Gasteiger partial charge in [0.25, 0.3) is 0 Å². The fourth-order valence-corrected chi connectivity index (χ4v) is 2.53. The number of thiazole rings is 1. The number of rotatable bonds is 5.